The maximum absolute atomic E-state index is 12.9. The van der Waals surface area contributed by atoms with E-state index in [1.807, 2.05) is 20.8 Å². The Morgan fingerprint density at radius 2 is 2.00 bits per heavy atom. The number of aromatic nitrogens is 4. The topological polar surface area (TPSA) is 91.2 Å². The number of anilines is 1. The minimum Gasteiger partial charge on any atom is -0.488 e. The Morgan fingerprint density at radius 3 is 2.65 bits per heavy atom. The lowest BCUT2D eigenvalue weighted by atomic mass is 10.0. The summed E-state index contributed by atoms with van der Waals surface area (Å²) in [7, 11) is 1.79. The number of carbonyl (C=O) groups excluding carboxylic acids is 1. The third-order valence-corrected chi connectivity index (χ3v) is 4.66. The highest BCUT2D eigenvalue weighted by Gasteiger charge is 2.21. The summed E-state index contributed by atoms with van der Waals surface area (Å²) < 4.78 is 13.9. The molecule has 0 spiro atoms. The molecule has 0 aliphatic carbocycles. The van der Waals surface area contributed by atoms with Crippen molar-refractivity contribution in [2.75, 3.05) is 5.32 Å². The van der Waals surface area contributed by atoms with E-state index >= 15 is 0 Å². The summed E-state index contributed by atoms with van der Waals surface area (Å²) in [5.41, 5.74) is 0.731. The number of rotatable bonds is 9. The zero-order valence-corrected chi connectivity index (χ0v) is 18.6. The molecule has 0 saturated heterocycles. The van der Waals surface area contributed by atoms with Crippen molar-refractivity contribution in [2.45, 2.75) is 52.2 Å². The van der Waals surface area contributed by atoms with Crippen LogP contribution < -0.4 is 14.8 Å². The van der Waals surface area contributed by atoms with Crippen LogP contribution in [0.15, 0.2) is 49.1 Å². The number of aryl methyl sites for hydroxylation is 1. The summed E-state index contributed by atoms with van der Waals surface area (Å²) in [6.07, 6.45) is 8.17. The Morgan fingerprint density at radius 1 is 1.23 bits per heavy atom. The molecule has 8 heteroatoms. The van der Waals surface area contributed by atoms with Crippen molar-refractivity contribution in [3.8, 4) is 11.5 Å². The van der Waals surface area contributed by atoms with Crippen LogP contribution in [0.4, 0.5) is 5.82 Å². The molecular weight excluding hydrogens is 394 g/mol. The number of benzene rings is 1. The lowest BCUT2D eigenvalue weighted by Gasteiger charge is -2.27. The molecule has 1 amide bonds. The molecule has 8 nitrogen and oxygen atoms in total. The first kappa shape index (κ1) is 22.3. The molecule has 2 aromatic heterocycles. The minimum absolute atomic E-state index is 0.297. The molecule has 3 rings (SSSR count). The minimum atomic E-state index is -0.376. The van der Waals surface area contributed by atoms with Gasteiger partial charge >= 0.3 is 0 Å². The fourth-order valence-electron chi connectivity index (χ4n) is 3.26. The Hall–Kier alpha value is -3.42. The quantitative estimate of drug-likeness (QED) is 0.542. The number of hydrogen-bond donors (Lipinski definition) is 1. The number of carbonyl (C=O) groups is 1. The molecule has 0 aliphatic heterocycles. The standard InChI is InChI=1S/C23H29N5O3/c1-6-8-23(3,4)31-19-13-17(22(29)26-21-7-11-28(5)27-21)12-18(14-19)30-16(2)20-15-24-9-10-25-20/h7,9-16H,6,8H2,1-5H3,(H,26,27,29). The summed E-state index contributed by atoms with van der Waals surface area (Å²) in [6.45, 7) is 8.05. The van der Waals surface area contributed by atoms with Crippen molar-refractivity contribution in [1.29, 1.82) is 0 Å². The zero-order valence-electron chi connectivity index (χ0n) is 18.6. The Labute approximate surface area is 182 Å². The zero-order chi connectivity index (χ0) is 22.4. The maximum Gasteiger partial charge on any atom is 0.257 e. The Bertz CT molecular complexity index is 1020. The van der Waals surface area contributed by atoms with Crippen LogP contribution in [0.5, 0.6) is 11.5 Å². The van der Waals surface area contributed by atoms with Gasteiger partial charge in [0.2, 0.25) is 0 Å². The van der Waals surface area contributed by atoms with Gasteiger partial charge in [0.15, 0.2) is 5.82 Å². The third-order valence-electron chi connectivity index (χ3n) is 4.66. The van der Waals surface area contributed by atoms with Crippen LogP contribution in [-0.4, -0.2) is 31.3 Å². The highest BCUT2D eigenvalue weighted by molar-refractivity contribution is 6.04. The second-order valence-electron chi connectivity index (χ2n) is 8.02. The first-order valence-corrected chi connectivity index (χ1v) is 10.3. The van der Waals surface area contributed by atoms with Crippen LogP contribution in [-0.2, 0) is 7.05 Å². The van der Waals surface area contributed by atoms with Gasteiger partial charge in [-0.1, -0.05) is 13.3 Å². The predicted octanol–water partition coefficient (Wildman–Crippen LogP) is 4.56. The summed E-state index contributed by atoms with van der Waals surface area (Å²) in [4.78, 5) is 21.3. The number of hydrogen-bond acceptors (Lipinski definition) is 6. The van der Waals surface area contributed by atoms with Gasteiger partial charge < -0.3 is 14.8 Å². The number of ether oxygens (including phenoxy) is 2. The van der Waals surface area contributed by atoms with Gasteiger partial charge in [0.1, 0.15) is 23.2 Å². The average molecular weight is 424 g/mol. The van der Waals surface area contributed by atoms with Gasteiger partial charge in [-0.2, -0.15) is 5.10 Å². The summed E-state index contributed by atoms with van der Waals surface area (Å²) >= 11 is 0. The van der Waals surface area contributed by atoms with Crippen molar-refractivity contribution in [3.63, 3.8) is 0 Å². The van der Waals surface area contributed by atoms with Crippen LogP contribution in [0.3, 0.4) is 0 Å². The predicted molar refractivity (Wildman–Crippen MR) is 118 cm³/mol. The molecule has 0 bridgehead atoms. The molecule has 3 aromatic rings. The summed E-state index contributed by atoms with van der Waals surface area (Å²) in [5, 5.41) is 7.00. The molecule has 0 saturated carbocycles. The molecule has 164 valence electrons. The fourth-order valence-corrected chi connectivity index (χ4v) is 3.26. The van der Waals surface area contributed by atoms with E-state index in [9.17, 15) is 4.79 Å². The highest BCUT2D eigenvalue weighted by atomic mass is 16.5. The maximum atomic E-state index is 12.9. The van der Waals surface area contributed by atoms with Gasteiger partial charge in [0, 0.05) is 43.3 Å². The van der Waals surface area contributed by atoms with E-state index in [1.54, 1.807) is 60.8 Å². The van der Waals surface area contributed by atoms with Crippen LogP contribution in [0, 0.1) is 0 Å². The Kier molecular flexibility index (Phi) is 6.89. The summed E-state index contributed by atoms with van der Waals surface area (Å²) in [6, 6.07) is 6.93. The number of amides is 1. The van der Waals surface area contributed by atoms with Crippen molar-refractivity contribution >= 4 is 11.7 Å². The lowest BCUT2D eigenvalue weighted by Crippen LogP contribution is -2.28. The van der Waals surface area contributed by atoms with E-state index in [4.69, 9.17) is 9.47 Å². The molecule has 0 aliphatic rings. The van der Waals surface area contributed by atoms with Crippen LogP contribution in [0.25, 0.3) is 0 Å². The van der Waals surface area contributed by atoms with Gasteiger partial charge in [-0.25, -0.2) is 0 Å². The normalized spacial score (nSPS) is 12.3. The van der Waals surface area contributed by atoms with E-state index in [-0.39, 0.29) is 17.6 Å². The van der Waals surface area contributed by atoms with Crippen LogP contribution >= 0.6 is 0 Å². The largest absolute Gasteiger partial charge is 0.488 e. The average Bonchev–Trinajstić information content (AvgIpc) is 3.12. The smallest absolute Gasteiger partial charge is 0.257 e. The molecule has 0 radical (unpaired) electrons. The fraction of sp³-hybridized carbons (Fsp3) is 0.391. The van der Waals surface area contributed by atoms with Gasteiger partial charge in [-0.15, -0.1) is 0 Å². The molecular formula is C23H29N5O3. The van der Waals surface area contributed by atoms with Gasteiger partial charge in [-0.3, -0.25) is 19.4 Å². The first-order chi connectivity index (χ1) is 14.8. The van der Waals surface area contributed by atoms with Crippen LogP contribution in [0.1, 0.15) is 62.7 Å². The van der Waals surface area contributed by atoms with Gasteiger partial charge in [-0.05, 0) is 39.3 Å². The van der Waals surface area contributed by atoms with E-state index in [0.717, 1.165) is 12.8 Å². The van der Waals surface area contributed by atoms with Crippen molar-refractivity contribution < 1.29 is 14.3 Å². The van der Waals surface area contributed by atoms with E-state index < -0.39 is 0 Å². The SMILES string of the molecule is CCCC(C)(C)Oc1cc(OC(C)c2cnccn2)cc(C(=O)Nc2ccn(C)n2)c1. The lowest BCUT2D eigenvalue weighted by molar-refractivity contribution is 0.0960. The van der Waals surface area contributed by atoms with E-state index in [2.05, 4.69) is 27.3 Å². The van der Waals surface area contributed by atoms with Gasteiger partial charge in [0.25, 0.3) is 5.91 Å². The second-order valence-corrected chi connectivity index (χ2v) is 8.02. The molecule has 2 heterocycles. The molecule has 0 fully saturated rings. The first-order valence-electron chi connectivity index (χ1n) is 10.3. The van der Waals surface area contributed by atoms with E-state index in [1.165, 1.54) is 0 Å². The molecule has 1 atom stereocenters. The Balaban J connectivity index is 1.88. The number of nitrogens with one attached hydrogen (secondary N) is 1. The number of nitrogens with zero attached hydrogens (tertiary/aromatic N) is 4. The monoisotopic (exact) mass is 423 g/mol. The summed E-state index contributed by atoms with van der Waals surface area (Å²) in [5.74, 6) is 1.25. The van der Waals surface area contributed by atoms with Crippen molar-refractivity contribution in [1.82, 2.24) is 19.7 Å². The van der Waals surface area contributed by atoms with Gasteiger partial charge in [0.05, 0.1) is 11.9 Å². The molecule has 1 unspecified atom stereocenters. The highest BCUT2D eigenvalue weighted by Crippen LogP contribution is 2.30. The third kappa shape index (κ3) is 6.28. The van der Waals surface area contributed by atoms with Crippen molar-refractivity contribution in [3.05, 3.63) is 60.3 Å². The second kappa shape index (κ2) is 9.59. The molecule has 1 aromatic carbocycles. The molecule has 1 N–H and O–H groups in total. The van der Waals surface area contributed by atoms with Crippen LogP contribution in [0.2, 0.25) is 0 Å². The van der Waals surface area contributed by atoms with E-state index in [0.29, 0.717) is 28.6 Å². The van der Waals surface area contributed by atoms with Crippen molar-refractivity contribution in [2.24, 2.45) is 7.05 Å². The molecule has 31 heavy (non-hydrogen) atoms.